The van der Waals surface area contributed by atoms with Crippen LogP contribution in [-0.4, -0.2) is 40.6 Å². The van der Waals surface area contributed by atoms with Gasteiger partial charge in [0.05, 0.1) is 30.2 Å². The lowest BCUT2D eigenvalue weighted by molar-refractivity contribution is 0.0946. The van der Waals surface area contributed by atoms with E-state index in [0.717, 1.165) is 47.7 Å². The van der Waals surface area contributed by atoms with E-state index in [0.29, 0.717) is 23.7 Å². The molecule has 1 aromatic carbocycles. The zero-order valence-corrected chi connectivity index (χ0v) is 16.9. The summed E-state index contributed by atoms with van der Waals surface area (Å²) in [6, 6.07) is 9.49. The maximum Gasteiger partial charge on any atom is 0.253 e. The maximum absolute atomic E-state index is 12.1. The minimum Gasteiger partial charge on any atom is -0.493 e. The van der Waals surface area contributed by atoms with Crippen LogP contribution in [0.2, 0.25) is 0 Å². The summed E-state index contributed by atoms with van der Waals surface area (Å²) in [6.45, 7) is 0.649. The first-order valence-corrected chi connectivity index (χ1v) is 10.4. The molecule has 7 heteroatoms. The lowest BCUT2D eigenvalue weighted by Gasteiger charge is -2.16. The molecule has 30 heavy (non-hydrogen) atoms. The van der Waals surface area contributed by atoms with Crippen molar-refractivity contribution in [2.45, 2.75) is 38.2 Å². The molecule has 1 aliphatic carbocycles. The van der Waals surface area contributed by atoms with Gasteiger partial charge in [0.25, 0.3) is 5.91 Å². The number of amides is 1. The fourth-order valence-electron chi connectivity index (χ4n) is 4.17. The highest BCUT2D eigenvalue weighted by Crippen LogP contribution is 2.35. The smallest absolute Gasteiger partial charge is 0.253 e. The second-order valence-electron chi connectivity index (χ2n) is 7.74. The molecule has 0 radical (unpaired) electrons. The Balaban J connectivity index is 1.47. The summed E-state index contributed by atoms with van der Waals surface area (Å²) in [5.41, 5.74) is 4.06. The summed E-state index contributed by atoms with van der Waals surface area (Å²) in [6.07, 6.45) is 7.32. The number of H-pyrrole nitrogens is 1. The van der Waals surface area contributed by atoms with Crippen molar-refractivity contribution in [3.63, 3.8) is 0 Å². The number of nitrogens with one attached hydrogen (secondary N) is 2. The number of nitrogens with zero attached hydrogens (tertiary/aromatic N) is 2. The molecule has 0 atom stereocenters. The molecule has 1 amide bonds. The molecule has 5 rings (SSSR count). The number of benzene rings is 1. The van der Waals surface area contributed by atoms with Crippen molar-refractivity contribution >= 4 is 5.91 Å². The molecule has 7 nitrogen and oxygen atoms in total. The number of ether oxygens (including phenoxy) is 2. The van der Waals surface area contributed by atoms with Gasteiger partial charge in [0, 0.05) is 30.4 Å². The number of fused-ring (bicyclic) bond motifs is 1. The highest BCUT2D eigenvalue weighted by atomic mass is 16.5. The van der Waals surface area contributed by atoms with Gasteiger partial charge in [0.15, 0.2) is 17.3 Å². The SMILES string of the molecule is COc1ccc(-c2nccc(-c3cc4c([nH]3)CCNC4=O)n2)cc1OC1CCCC1. The summed E-state index contributed by atoms with van der Waals surface area (Å²) >= 11 is 0. The number of aromatic amines is 1. The van der Waals surface area contributed by atoms with E-state index in [1.807, 2.05) is 30.3 Å². The summed E-state index contributed by atoms with van der Waals surface area (Å²) in [4.78, 5) is 24.6. The average molecular weight is 404 g/mol. The second-order valence-corrected chi connectivity index (χ2v) is 7.74. The largest absolute Gasteiger partial charge is 0.493 e. The molecule has 2 aromatic heterocycles. The van der Waals surface area contributed by atoms with Crippen molar-refractivity contribution in [2.24, 2.45) is 0 Å². The van der Waals surface area contributed by atoms with Crippen LogP contribution in [-0.2, 0) is 6.42 Å². The van der Waals surface area contributed by atoms with Crippen molar-refractivity contribution in [1.29, 1.82) is 0 Å². The minimum atomic E-state index is -0.0445. The fraction of sp³-hybridized carbons (Fsp3) is 0.348. The van der Waals surface area contributed by atoms with Crippen LogP contribution in [0.15, 0.2) is 36.5 Å². The van der Waals surface area contributed by atoms with Gasteiger partial charge in [0.2, 0.25) is 0 Å². The van der Waals surface area contributed by atoms with Crippen LogP contribution in [0.5, 0.6) is 11.5 Å². The van der Waals surface area contributed by atoms with E-state index < -0.39 is 0 Å². The van der Waals surface area contributed by atoms with Crippen LogP contribution in [0.25, 0.3) is 22.8 Å². The molecule has 0 saturated heterocycles. The Morgan fingerprint density at radius 3 is 2.77 bits per heavy atom. The summed E-state index contributed by atoms with van der Waals surface area (Å²) in [5.74, 6) is 1.99. The van der Waals surface area contributed by atoms with Gasteiger partial charge >= 0.3 is 0 Å². The molecule has 2 N–H and O–H groups in total. The third kappa shape index (κ3) is 3.51. The van der Waals surface area contributed by atoms with Crippen LogP contribution >= 0.6 is 0 Å². The van der Waals surface area contributed by atoms with Gasteiger partial charge in [-0.3, -0.25) is 4.79 Å². The molecule has 2 aliphatic rings. The second kappa shape index (κ2) is 7.82. The number of carbonyl (C=O) groups excluding carboxylic acids is 1. The van der Waals surface area contributed by atoms with Crippen molar-refractivity contribution in [2.75, 3.05) is 13.7 Å². The van der Waals surface area contributed by atoms with Gasteiger partial charge < -0.3 is 19.8 Å². The lowest BCUT2D eigenvalue weighted by atomic mass is 10.1. The summed E-state index contributed by atoms with van der Waals surface area (Å²) in [7, 11) is 1.65. The number of hydrogen-bond donors (Lipinski definition) is 2. The third-order valence-electron chi connectivity index (χ3n) is 5.75. The van der Waals surface area contributed by atoms with E-state index in [-0.39, 0.29) is 12.0 Å². The van der Waals surface area contributed by atoms with E-state index >= 15 is 0 Å². The number of methoxy groups -OCH3 is 1. The third-order valence-corrected chi connectivity index (χ3v) is 5.75. The topological polar surface area (TPSA) is 89.1 Å². The van der Waals surface area contributed by atoms with E-state index in [1.54, 1.807) is 13.3 Å². The number of carbonyl (C=O) groups is 1. The average Bonchev–Trinajstić information content (AvgIpc) is 3.44. The Kier molecular flexibility index (Phi) is 4.86. The van der Waals surface area contributed by atoms with Gasteiger partial charge in [0.1, 0.15) is 0 Å². The zero-order valence-electron chi connectivity index (χ0n) is 16.9. The van der Waals surface area contributed by atoms with E-state index in [1.165, 1.54) is 12.8 Å². The molecular weight excluding hydrogens is 380 g/mol. The first kappa shape index (κ1) is 18.7. The van der Waals surface area contributed by atoms with Gasteiger partial charge in [-0.2, -0.15) is 0 Å². The molecule has 0 bridgehead atoms. The predicted molar refractivity (Wildman–Crippen MR) is 113 cm³/mol. The van der Waals surface area contributed by atoms with Gasteiger partial charge in [-0.15, -0.1) is 0 Å². The lowest BCUT2D eigenvalue weighted by Crippen LogP contribution is -2.31. The number of hydrogen-bond acceptors (Lipinski definition) is 5. The molecule has 1 saturated carbocycles. The van der Waals surface area contributed by atoms with Gasteiger partial charge in [-0.05, 0) is 56.0 Å². The highest BCUT2D eigenvalue weighted by Gasteiger charge is 2.21. The molecule has 1 aliphatic heterocycles. The molecule has 0 spiro atoms. The van der Waals surface area contributed by atoms with Crippen molar-refractivity contribution in [3.8, 4) is 34.3 Å². The van der Waals surface area contributed by atoms with Crippen LogP contribution in [0.4, 0.5) is 0 Å². The van der Waals surface area contributed by atoms with Crippen molar-refractivity contribution in [1.82, 2.24) is 20.3 Å². The van der Waals surface area contributed by atoms with Crippen molar-refractivity contribution in [3.05, 3.63) is 47.8 Å². The Hall–Kier alpha value is -3.35. The van der Waals surface area contributed by atoms with E-state index in [9.17, 15) is 4.79 Å². The molecule has 3 aromatic rings. The van der Waals surface area contributed by atoms with E-state index in [2.05, 4.69) is 15.3 Å². The van der Waals surface area contributed by atoms with Crippen LogP contribution in [0.3, 0.4) is 0 Å². The van der Waals surface area contributed by atoms with Gasteiger partial charge in [-0.1, -0.05) is 0 Å². The fourth-order valence-corrected chi connectivity index (χ4v) is 4.17. The first-order chi connectivity index (χ1) is 14.7. The van der Waals surface area contributed by atoms with Gasteiger partial charge in [-0.25, -0.2) is 9.97 Å². The molecule has 1 fully saturated rings. The quantitative estimate of drug-likeness (QED) is 0.676. The Morgan fingerprint density at radius 1 is 1.10 bits per heavy atom. The normalized spacial score (nSPS) is 16.2. The predicted octanol–water partition coefficient (Wildman–Crippen LogP) is 3.75. The van der Waals surface area contributed by atoms with Crippen molar-refractivity contribution < 1.29 is 14.3 Å². The van der Waals surface area contributed by atoms with Crippen LogP contribution in [0, 0.1) is 0 Å². The maximum atomic E-state index is 12.1. The number of aromatic nitrogens is 3. The zero-order chi connectivity index (χ0) is 20.5. The highest BCUT2D eigenvalue weighted by molar-refractivity contribution is 5.97. The monoisotopic (exact) mass is 404 g/mol. The summed E-state index contributed by atoms with van der Waals surface area (Å²) in [5, 5.41) is 2.87. The summed E-state index contributed by atoms with van der Waals surface area (Å²) < 4.78 is 11.7. The molecule has 0 unspecified atom stereocenters. The Morgan fingerprint density at radius 2 is 1.97 bits per heavy atom. The van der Waals surface area contributed by atoms with Crippen LogP contribution < -0.4 is 14.8 Å². The van der Waals surface area contributed by atoms with Crippen LogP contribution in [0.1, 0.15) is 41.7 Å². The molecular formula is C23H24N4O3. The standard InChI is InChI=1S/C23H24N4O3/c1-29-20-7-6-14(12-21(20)30-15-4-2-3-5-15)22-24-10-9-18(27-22)19-13-16-17(26-19)8-11-25-23(16)28/h6-7,9-10,12-13,15,26H,2-5,8,11H2,1H3,(H,25,28). The minimum absolute atomic E-state index is 0.0445. The Labute approximate surface area is 174 Å². The first-order valence-electron chi connectivity index (χ1n) is 10.4. The molecule has 3 heterocycles. The molecule has 154 valence electrons. The number of rotatable bonds is 5. The van der Waals surface area contributed by atoms with E-state index in [4.69, 9.17) is 14.5 Å². The Bertz CT molecular complexity index is 1090.